The fraction of sp³-hybridized carbons (Fsp3) is 0.364. The zero-order valence-corrected chi connectivity index (χ0v) is 11.0. The quantitative estimate of drug-likeness (QED) is 0.436. The Hall–Kier alpha value is -0.820. The van der Waals surface area contributed by atoms with E-state index in [0.29, 0.717) is 0 Å². The van der Waals surface area contributed by atoms with Gasteiger partial charge in [0.15, 0.2) is 5.78 Å². The van der Waals surface area contributed by atoms with Gasteiger partial charge in [-0.25, -0.2) is 8.78 Å². The lowest BCUT2D eigenvalue weighted by atomic mass is 10.1. The standard InChI is InChI=1S/C11H8ClF5OS/c1-5(18)9(12)6-2-3-8(19-11(15,16)17)7(4-6)10(13)14/h2-4,9-10H,1H3. The minimum absolute atomic E-state index is 0.0518. The number of rotatable bonds is 4. The molecule has 0 aliphatic heterocycles. The summed E-state index contributed by atoms with van der Waals surface area (Å²) in [6, 6.07) is 2.87. The number of hydrogen-bond donors (Lipinski definition) is 0. The predicted octanol–water partition coefficient (Wildman–Crippen LogP) is 5.11. The molecule has 1 aromatic rings. The first kappa shape index (κ1) is 16.2. The van der Waals surface area contributed by atoms with Crippen LogP contribution in [0.3, 0.4) is 0 Å². The first-order valence-electron chi connectivity index (χ1n) is 4.94. The van der Waals surface area contributed by atoms with Crippen molar-refractivity contribution < 1.29 is 26.7 Å². The van der Waals surface area contributed by atoms with E-state index in [0.717, 1.165) is 25.1 Å². The van der Waals surface area contributed by atoms with E-state index in [-0.39, 0.29) is 5.56 Å². The van der Waals surface area contributed by atoms with E-state index in [1.165, 1.54) is 0 Å². The van der Waals surface area contributed by atoms with E-state index in [2.05, 4.69) is 0 Å². The number of alkyl halides is 6. The number of carbonyl (C=O) groups is 1. The van der Waals surface area contributed by atoms with Gasteiger partial charge in [0.2, 0.25) is 0 Å². The van der Waals surface area contributed by atoms with E-state index in [9.17, 15) is 26.7 Å². The molecule has 106 valence electrons. The minimum atomic E-state index is -4.66. The van der Waals surface area contributed by atoms with E-state index >= 15 is 0 Å². The van der Waals surface area contributed by atoms with Crippen LogP contribution in [-0.2, 0) is 4.79 Å². The molecule has 8 heteroatoms. The van der Waals surface area contributed by atoms with Crippen LogP contribution in [0.15, 0.2) is 23.1 Å². The van der Waals surface area contributed by atoms with Crippen LogP contribution < -0.4 is 0 Å². The predicted molar refractivity (Wildman–Crippen MR) is 62.6 cm³/mol. The Labute approximate surface area is 115 Å². The molecular formula is C11H8ClF5OS. The Morgan fingerprint density at radius 2 is 1.89 bits per heavy atom. The molecule has 0 fully saturated rings. The topological polar surface area (TPSA) is 17.1 Å². The molecule has 0 aromatic heterocycles. The molecule has 1 nitrogen and oxygen atoms in total. The lowest BCUT2D eigenvalue weighted by molar-refractivity contribution is -0.116. The maximum absolute atomic E-state index is 12.7. The Morgan fingerprint density at radius 1 is 1.32 bits per heavy atom. The normalized spacial score (nSPS) is 13.7. The molecule has 0 radical (unpaired) electrons. The minimum Gasteiger partial charge on any atom is -0.298 e. The van der Waals surface area contributed by atoms with Gasteiger partial charge in [-0.2, -0.15) is 13.2 Å². The van der Waals surface area contributed by atoms with Crippen LogP contribution in [-0.4, -0.2) is 11.3 Å². The molecule has 1 unspecified atom stereocenters. The van der Waals surface area contributed by atoms with Crippen LogP contribution in [0.4, 0.5) is 22.0 Å². The van der Waals surface area contributed by atoms with Crippen molar-refractivity contribution in [2.24, 2.45) is 0 Å². The molecule has 0 amide bonds. The second kappa shape index (κ2) is 6.09. The second-order valence-corrected chi connectivity index (χ2v) is 5.16. The zero-order chi connectivity index (χ0) is 14.8. The van der Waals surface area contributed by atoms with Crippen LogP contribution >= 0.6 is 23.4 Å². The third-order valence-corrected chi connectivity index (χ3v) is 3.53. The molecule has 0 bridgehead atoms. The summed E-state index contributed by atoms with van der Waals surface area (Å²) in [5.41, 5.74) is -5.39. The average molecular weight is 319 g/mol. The Bertz CT molecular complexity index is 475. The van der Waals surface area contributed by atoms with Crippen molar-refractivity contribution in [3.8, 4) is 0 Å². The Morgan fingerprint density at radius 3 is 2.32 bits per heavy atom. The van der Waals surface area contributed by atoms with Gasteiger partial charge in [0.05, 0.1) is 0 Å². The molecule has 0 N–H and O–H groups in total. The number of ketones is 1. The Balaban J connectivity index is 3.19. The van der Waals surface area contributed by atoms with Crippen molar-refractivity contribution in [2.75, 3.05) is 0 Å². The summed E-state index contributed by atoms with van der Waals surface area (Å²) >= 11 is 5.06. The fourth-order valence-corrected chi connectivity index (χ4v) is 2.13. The summed E-state index contributed by atoms with van der Waals surface area (Å²) in [5, 5.41) is -1.15. The third kappa shape index (κ3) is 4.65. The van der Waals surface area contributed by atoms with Gasteiger partial charge in [-0.1, -0.05) is 6.07 Å². The van der Waals surface area contributed by atoms with E-state index in [1.807, 2.05) is 0 Å². The largest absolute Gasteiger partial charge is 0.446 e. The van der Waals surface area contributed by atoms with E-state index < -0.39 is 45.3 Å². The van der Waals surface area contributed by atoms with Gasteiger partial charge in [-0.05, 0) is 36.4 Å². The first-order valence-corrected chi connectivity index (χ1v) is 6.19. The fourth-order valence-electron chi connectivity index (χ4n) is 1.35. The number of Topliss-reactive ketones (excluding diaryl/α,β-unsaturated/α-hetero) is 1. The van der Waals surface area contributed by atoms with Crippen molar-refractivity contribution in [2.45, 2.75) is 29.1 Å². The first-order chi connectivity index (χ1) is 8.61. The second-order valence-electron chi connectivity index (χ2n) is 3.62. The van der Waals surface area contributed by atoms with Gasteiger partial charge in [-0.3, -0.25) is 4.79 Å². The highest BCUT2D eigenvalue weighted by Gasteiger charge is 2.32. The van der Waals surface area contributed by atoms with Gasteiger partial charge in [0.25, 0.3) is 6.43 Å². The number of carbonyl (C=O) groups excluding carboxylic acids is 1. The maximum atomic E-state index is 12.7. The van der Waals surface area contributed by atoms with Crippen molar-refractivity contribution >= 4 is 29.1 Å². The molecule has 19 heavy (non-hydrogen) atoms. The van der Waals surface area contributed by atoms with Gasteiger partial charge in [0, 0.05) is 10.5 Å². The molecule has 0 aliphatic carbocycles. The van der Waals surface area contributed by atoms with Gasteiger partial charge in [0.1, 0.15) is 5.38 Å². The smallest absolute Gasteiger partial charge is 0.298 e. The molecular weight excluding hydrogens is 311 g/mol. The van der Waals surface area contributed by atoms with Gasteiger partial charge >= 0.3 is 5.51 Å². The van der Waals surface area contributed by atoms with Crippen molar-refractivity contribution in [1.29, 1.82) is 0 Å². The van der Waals surface area contributed by atoms with E-state index in [1.54, 1.807) is 0 Å². The summed E-state index contributed by atoms with van der Waals surface area (Å²) in [7, 11) is 0. The van der Waals surface area contributed by atoms with Gasteiger partial charge < -0.3 is 0 Å². The maximum Gasteiger partial charge on any atom is 0.446 e. The monoisotopic (exact) mass is 318 g/mol. The number of halogens is 6. The Kier molecular flexibility index (Phi) is 5.20. The molecule has 1 aromatic carbocycles. The van der Waals surface area contributed by atoms with Crippen LogP contribution in [0.1, 0.15) is 29.9 Å². The highest BCUT2D eigenvalue weighted by molar-refractivity contribution is 8.00. The van der Waals surface area contributed by atoms with Crippen molar-refractivity contribution in [3.05, 3.63) is 29.3 Å². The van der Waals surface area contributed by atoms with Crippen molar-refractivity contribution in [1.82, 2.24) is 0 Å². The highest BCUT2D eigenvalue weighted by atomic mass is 35.5. The third-order valence-electron chi connectivity index (χ3n) is 2.14. The molecule has 0 heterocycles. The summed E-state index contributed by atoms with van der Waals surface area (Å²) in [6.07, 6.45) is -3.08. The van der Waals surface area contributed by atoms with E-state index in [4.69, 9.17) is 11.6 Å². The van der Waals surface area contributed by atoms with Crippen LogP contribution in [0.25, 0.3) is 0 Å². The molecule has 0 saturated carbocycles. The molecule has 0 spiro atoms. The van der Waals surface area contributed by atoms with Crippen molar-refractivity contribution in [3.63, 3.8) is 0 Å². The SMILES string of the molecule is CC(=O)C(Cl)c1ccc(SC(F)(F)F)c(C(F)F)c1. The molecule has 0 aliphatic rings. The summed E-state index contributed by atoms with van der Waals surface area (Å²) in [6.45, 7) is 1.16. The van der Waals surface area contributed by atoms with Crippen LogP contribution in [0.2, 0.25) is 0 Å². The number of hydrogen-bond acceptors (Lipinski definition) is 2. The summed E-state index contributed by atoms with van der Waals surface area (Å²) in [4.78, 5) is 10.4. The lowest BCUT2D eigenvalue weighted by Gasteiger charge is -2.13. The van der Waals surface area contributed by atoms with Gasteiger partial charge in [-0.15, -0.1) is 11.6 Å². The number of benzene rings is 1. The highest BCUT2D eigenvalue weighted by Crippen LogP contribution is 2.42. The molecule has 1 atom stereocenters. The summed E-state index contributed by atoms with van der Waals surface area (Å²) < 4.78 is 62.1. The zero-order valence-electron chi connectivity index (χ0n) is 9.47. The summed E-state index contributed by atoms with van der Waals surface area (Å²) in [5.74, 6) is -0.474. The average Bonchev–Trinajstić information content (AvgIpc) is 2.26. The van der Waals surface area contributed by atoms with Crippen LogP contribution in [0.5, 0.6) is 0 Å². The molecule has 0 saturated heterocycles. The number of thioether (sulfide) groups is 1. The van der Waals surface area contributed by atoms with Crippen LogP contribution in [0, 0.1) is 0 Å². The molecule has 1 rings (SSSR count). The lowest BCUT2D eigenvalue weighted by Crippen LogP contribution is -2.05.